The van der Waals surface area contributed by atoms with E-state index < -0.39 is 0 Å². The average Bonchev–Trinajstić information content (AvgIpc) is 2.41. The molecule has 1 heterocycles. The summed E-state index contributed by atoms with van der Waals surface area (Å²) in [5.41, 5.74) is 1.58. The largest absolute Gasteiger partial charge is 0.488 e. The van der Waals surface area contributed by atoms with Crippen LogP contribution in [-0.2, 0) is 6.61 Å². The SMILES string of the molecule is CCC1CCCCC1Oc1ccc(C)nc1CO. The lowest BCUT2D eigenvalue weighted by atomic mass is 9.85. The molecular formula is C15H23NO2. The highest BCUT2D eigenvalue weighted by atomic mass is 16.5. The van der Waals surface area contributed by atoms with Gasteiger partial charge in [-0.2, -0.15) is 0 Å². The Bertz CT molecular complexity index is 392. The first kappa shape index (κ1) is 13.3. The van der Waals surface area contributed by atoms with Crippen LogP contribution in [-0.4, -0.2) is 16.2 Å². The minimum Gasteiger partial charge on any atom is -0.488 e. The molecular weight excluding hydrogens is 226 g/mol. The van der Waals surface area contributed by atoms with Gasteiger partial charge in [-0.15, -0.1) is 0 Å². The smallest absolute Gasteiger partial charge is 0.143 e. The summed E-state index contributed by atoms with van der Waals surface area (Å²) in [7, 11) is 0. The number of hydrogen-bond acceptors (Lipinski definition) is 3. The molecule has 100 valence electrons. The molecule has 0 saturated heterocycles. The Morgan fingerprint density at radius 2 is 2.11 bits per heavy atom. The van der Waals surface area contributed by atoms with Crippen LogP contribution in [0, 0.1) is 12.8 Å². The van der Waals surface area contributed by atoms with Crippen LogP contribution in [0.25, 0.3) is 0 Å². The molecule has 1 saturated carbocycles. The topological polar surface area (TPSA) is 42.4 Å². The lowest BCUT2D eigenvalue weighted by Crippen LogP contribution is -2.30. The van der Waals surface area contributed by atoms with Gasteiger partial charge in [-0.1, -0.05) is 13.3 Å². The number of rotatable bonds is 4. The van der Waals surface area contributed by atoms with Crippen LogP contribution in [0.3, 0.4) is 0 Å². The van der Waals surface area contributed by atoms with Crippen molar-refractivity contribution in [1.29, 1.82) is 0 Å². The molecule has 2 atom stereocenters. The van der Waals surface area contributed by atoms with E-state index >= 15 is 0 Å². The van der Waals surface area contributed by atoms with Crippen LogP contribution < -0.4 is 4.74 Å². The minimum atomic E-state index is -0.0550. The van der Waals surface area contributed by atoms with Crippen LogP contribution in [0.4, 0.5) is 0 Å². The first-order valence-electron chi connectivity index (χ1n) is 6.98. The lowest BCUT2D eigenvalue weighted by Gasteiger charge is -2.31. The molecule has 3 heteroatoms. The Kier molecular flexibility index (Phi) is 4.59. The van der Waals surface area contributed by atoms with E-state index in [9.17, 15) is 5.11 Å². The number of hydrogen-bond donors (Lipinski definition) is 1. The molecule has 1 N–H and O–H groups in total. The third kappa shape index (κ3) is 3.02. The fourth-order valence-electron chi connectivity index (χ4n) is 2.78. The third-order valence-corrected chi connectivity index (χ3v) is 3.86. The van der Waals surface area contributed by atoms with Crippen molar-refractivity contribution < 1.29 is 9.84 Å². The first-order valence-corrected chi connectivity index (χ1v) is 6.98. The Morgan fingerprint density at radius 1 is 1.33 bits per heavy atom. The van der Waals surface area contributed by atoms with Crippen LogP contribution in [0.1, 0.15) is 50.4 Å². The van der Waals surface area contributed by atoms with Gasteiger partial charge in [-0.25, -0.2) is 0 Å². The molecule has 0 aromatic carbocycles. The van der Waals surface area contributed by atoms with Crippen molar-refractivity contribution in [2.24, 2.45) is 5.92 Å². The van der Waals surface area contributed by atoms with Gasteiger partial charge < -0.3 is 9.84 Å². The molecule has 18 heavy (non-hydrogen) atoms. The summed E-state index contributed by atoms with van der Waals surface area (Å²) >= 11 is 0. The summed E-state index contributed by atoms with van der Waals surface area (Å²) in [6.45, 7) is 4.10. The average molecular weight is 249 g/mol. The van der Waals surface area contributed by atoms with E-state index in [2.05, 4.69) is 11.9 Å². The molecule has 1 aromatic heterocycles. The maximum atomic E-state index is 9.35. The van der Waals surface area contributed by atoms with Crippen LogP contribution in [0.2, 0.25) is 0 Å². The summed E-state index contributed by atoms with van der Waals surface area (Å²) in [6, 6.07) is 3.88. The summed E-state index contributed by atoms with van der Waals surface area (Å²) in [4.78, 5) is 4.33. The second-order valence-corrected chi connectivity index (χ2v) is 5.16. The third-order valence-electron chi connectivity index (χ3n) is 3.86. The quantitative estimate of drug-likeness (QED) is 0.890. The molecule has 0 aliphatic heterocycles. The summed E-state index contributed by atoms with van der Waals surface area (Å²) in [5.74, 6) is 1.40. The Labute approximate surface area is 109 Å². The predicted octanol–water partition coefficient (Wildman–Crippen LogP) is 3.23. The van der Waals surface area contributed by atoms with Crippen molar-refractivity contribution in [2.45, 2.75) is 58.7 Å². The van der Waals surface area contributed by atoms with Crippen molar-refractivity contribution in [1.82, 2.24) is 4.98 Å². The van der Waals surface area contributed by atoms with E-state index in [-0.39, 0.29) is 6.61 Å². The highest BCUT2D eigenvalue weighted by Gasteiger charge is 2.26. The Balaban J connectivity index is 2.12. The molecule has 0 radical (unpaired) electrons. The number of pyridine rings is 1. The molecule has 1 aromatic rings. The maximum absolute atomic E-state index is 9.35. The van der Waals surface area contributed by atoms with Crippen LogP contribution >= 0.6 is 0 Å². The highest BCUT2D eigenvalue weighted by molar-refractivity contribution is 5.29. The fourth-order valence-corrected chi connectivity index (χ4v) is 2.78. The number of ether oxygens (including phenoxy) is 1. The van der Waals surface area contributed by atoms with Gasteiger partial charge >= 0.3 is 0 Å². The van der Waals surface area contributed by atoms with Crippen molar-refractivity contribution in [2.75, 3.05) is 0 Å². The number of aryl methyl sites for hydroxylation is 1. The first-order chi connectivity index (χ1) is 8.74. The zero-order valence-electron chi connectivity index (χ0n) is 11.4. The second-order valence-electron chi connectivity index (χ2n) is 5.16. The van der Waals surface area contributed by atoms with E-state index in [0.717, 1.165) is 17.9 Å². The predicted molar refractivity (Wildman–Crippen MR) is 71.6 cm³/mol. The second kappa shape index (κ2) is 6.19. The molecule has 2 unspecified atom stereocenters. The van der Waals surface area contributed by atoms with Gasteiger partial charge in [0, 0.05) is 5.69 Å². The van der Waals surface area contributed by atoms with Gasteiger partial charge in [0.1, 0.15) is 17.5 Å². The van der Waals surface area contributed by atoms with E-state index in [0.29, 0.717) is 17.7 Å². The lowest BCUT2D eigenvalue weighted by molar-refractivity contribution is 0.0870. The number of nitrogens with zero attached hydrogens (tertiary/aromatic N) is 1. The van der Waals surface area contributed by atoms with E-state index in [4.69, 9.17) is 4.74 Å². The monoisotopic (exact) mass is 249 g/mol. The van der Waals surface area contributed by atoms with Gasteiger partial charge in [-0.3, -0.25) is 4.98 Å². The van der Waals surface area contributed by atoms with Crippen LogP contribution in [0.15, 0.2) is 12.1 Å². The number of aliphatic hydroxyl groups excluding tert-OH is 1. The zero-order chi connectivity index (χ0) is 13.0. The Hall–Kier alpha value is -1.09. The molecule has 0 amide bonds. The molecule has 2 rings (SSSR count). The van der Waals surface area contributed by atoms with Crippen molar-refractivity contribution >= 4 is 0 Å². The number of aliphatic hydroxyl groups is 1. The molecule has 0 bridgehead atoms. The summed E-state index contributed by atoms with van der Waals surface area (Å²) < 4.78 is 6.11. The van der Waals surface area contributed by atoms with Gasteiger partial charge in [0.15, 0.2) is 0 Å². The molecule has 0 spiro atoms. The van der Waals surface area contributed by atoms with Crippen molar-refractivity contribution in [3.05, 3.63) is 23.5 Å². The standard InChI is InChI=1S/C15H23NO2/c1-3-12-6-4-5-7-14(12)18-15-9-8-11(2)16-13(15)10-17/h8-9,12,14,17H,3-7,10H2,1-2H3. The molecule has 1 aliphatic rings. The van der Waals surface area contributed by atoms with Crippen molar-refractivity contribution in [3.8, 4) is 5.75 Å². The normalized spacial score (nSPS) is 23.9. The van der Waals surface area contributed by atoms with Gasteiger partial charge in [-0.05, 0) is 50.7 Å². The summed E-state index contributed by atoms with van der Waals surface area (Å²) in [5, 5.41) is 9.35. The highest BCUT2D eigenvalue weighted by Crippen LogP contribution is 2.31. The van der Waals surface area contributed by atoms with E-state index in [1.807, 2.05) is 19.1 Å². The summed E-state index contributed by atoms with van der Waals surface area (Å²) in [6.07, 6.45) is 6.40. The minimum absolute atomic E-state index is 0.0550. The fraction of sp³-hybridized carbons (Fsp3) is 0.667. The molecule has 3 nitrogen and oxygen atoms in total. The molecule has 1 aliphatic carbocycles. The van der Waals surface area contributed by atoms with Crippen LogP contribution in [0.5, 0.6) is 5.75 Å². The zero-order valence-corrected chi connectivity index (χ0v) is 11.4. The van der Waals surface area contributed by atoms with E-state index in [1.165, 1.54) is 25.7 Å². The van der Waals surface area contributed by atoms with Crippen molar-refractivity contribution in [3.63, 3.8) is 0 Å². The number of aromatic nitrogens is 1. The van der Waals surface area contributed by atoms with Gasteiger partial charge in [0.05, 0.1) is 6.61 Å². The van der Waals surface area contributed by atoms with Gasteiger partial charge in [0.2, 0.25) is 0 Å². The molecule has 1 fully saturated rings. The van der Waals surface area contributed by atoms with E-state index in [1.54, 1.807) is 0 Å². The Morgan fingerprint density at radius 3 is 2.83 bits per heavy atom. The van der Waals surface area contributed by atoms with Gasteiger partial charge in [0.25, 0.3) is 0 Å². The maximum Gasteiger partial charge on any atom is 0.143 e.